The van der Waals surface area contributed by atoms with Crippen molar-refractivity contribution in [1.29, 1.82) is 0 Å². The molecule has 2 N–H and O–H groups in total. The third kappa shape index (κ3) is 5.53. The first-order valence-corrected chi connectivity index (χ1v) is 7.97. The van der Waals surface area contributed by atoms with E-state index < -0.39 is 18.7 Å². The molecule has 132 valence electrons. The van der Waals surface area contributed by atoms with Gasteiger partial charge in [0.15, 0.2) is 12.7 Å². The Hall–Kier alpha value is -3.02. The molecule has 2 rings (SSSR count). The van der Waals surface area contributed by atoms with Crippen LogP contribution in [0.2, 0.25) is 0 Å². The van der Waals surface area contributed by atoms with Gasteiger partial charge in [0.2, 0.25) is 0 Å². The molecule has 0 heterocycles. The number of carbonyl (C=O) groups is 2. The number of amides is 1. The van der Waals surface area contributed by atoms with E-state index in [4.69, 9.17) is 14.6 Å². The Morgan fingerprint density at radius 1 is 1.16 bits per heavy atom. The SMILES string of the molecule is CCC(Oc1ccccc1C)C(=O)Nc1cccc(OCC(=O)O)c1. The van der Waals surface area contributed by atoms with E-state index in [-0.39, 0.29) is 5.91 Å². The Kier molecular flexibility index (Phi) is 6.39. The number of carbonyl (C=O) groups excluding carboxylic acids is 1. The summed E-state index contributed by atoms with van der Waals surface area (Å²) in [5.41, 5.74) is 1.47. The fraction of sp³-hybridized carbons (Fsp3) is 0.263. The first-order chi connectivity index (χ1) is 12.0. The molecule has 0 spiro atoms. The topological polar surface area (TPSA) is 84.9 Å². The molecule has 0 aliphatic rings. The number of hydrogen-bond acceptors (Lipinski definition) is 4. The maximum atomic E-state index is 12.5. The average Bonchev–Trinajstić information content (AvgIpc) is 2.59. The van der Waals surface area contributed by atoms with Gasteiger partial charge in [-0.05, 0) is 37.1 Å². The molecule has 6 nitrogen and oxygen atoms in total. The highest BCUT2D eigenvalue weighted by Crippen LogP contribution is 2.21. The van der Waals surface area contributed by atoms with Crippen molar-refractivity contribution in [3.05, 3.63) is 54.1 Å². The lowest BCUT2D eigenvalue weighted by atomic mass is 10.2. The normalized spacial score (nSPS) is 11.4. The molecule has 0 saturated heterocycles. The lowest BCUT2D eigenvalue weighted by molar-refractivity contribution is -0.139. The number of aliphatic carboxylic acids is 1. The van der Waals surface area contributed by atoms with Crippen LogP contribution in [0.3, 0.4) is 0 Å². The summed E-state index contributed by atoms with van der Waals surface area (Å²) in [4.78, 5) is 23.0. The standard InChI is InChI=1S/C19H21NO5/c1-3-16(25-17-10-5-4-7-13(17)2)19(23)20-14-8-6-9-15(11-14)24-12-18(21)22/h4-11,16H,3,12H2,1-2H3,(H,20,23)(H,21,22). The van der Waals surface area contributed by atoms with E-state index in [0.29, 0.717) is 23.6 Å². The number of anilines is 1. The smallest absolute Gasteiger partial charge is 0.341 e. The number of nitrogens with one attached hydrogen (secondary N) is 1. The van der Waals surface area contributed by atoms with Crippen LogP contribution >= 0.6 is 0 Å². The Balaban J connectivity index is 2.03. The third-order valence-corrected chi connectivity index (χ3v) is 3.49. The van der Waals surface area contributed by atoms with Crippen molar-refractivity contribution in [3.8, 4) is 11.5 Å². The minimum absolute atomic E-state index is 0.277. The van der Waals surface area contributed by atoms with Gasteiger partial charge in [0, 0.05) is 11.8 Å². The minimum atomic E-state index is -1.06. The highest BCUT2D eigenvalue weighted by Gasteiger charge is 2.19. The Morgan fingerprint density at radius 3 is 2.60 bits per heavy atom. The van der Waals surface area contributed by atoms with Crippen LogP contribution in [0.15, 0.2) is 48.5 Å². The summed E-state index contributed by atoms with van der Waals surface area (Å²) in [6, 6.07) is 14.1. The van der Waals surface area contributed by atoms with E-state index in [0.717, 1.165) is 5.56 Å². The van der Waals surface area contributed by atoms with Crippen molar-refractivity contribution in [1.82, 2.24) is 0 Å². The number of carboxylic acid groups (broad SMARTS) is 1. The van der Waals surface area contributed by atoms with Gasteiger partial charge in [0.05, 0.1) is 0 Å². The van der Waals surface area contributed by atoms with Crippen molar-refractivity contribution < 1.29 is 24.2 Å². The monoisotopic (exact) mass is 343 g/mol. The number of benzene rings is 2. The lowest BCUT2D eigenvalue weighted by Crippen LogP contribution is -2.32. The second kappa shape index (κ2) is 8.73. The zero-order valence-electron chi connectivity index (χ0n) is 14.2. The lowest BCUT2D eigenvalue weighted by Gasteiger charge is -2.18. The fourth-order valence-corrected chi connectivity index (χ4v) is 2.20. The number of para-hydroxylation sites is 1. The Labute approximate surface area is 146 Å². The summed E-state index contributed by atoms with van der Waals surface area (Å²) < 4.78 is 10.9. The first-order valence-electron chi connectivity index (χ1n) is 7.97. The van der Waals surface area contributed by atoms with Crippen LogP contribution in [0.25, 0.3) is 0 Å². The molecule has 2 aromatic carbocycles. The molecule has 1 atom stereocenters. The van der Waals surface area contributed by atoms with Crippen LogP contribution in [0.1, 0.15) is 18.9 Å². The van der Waals surface area contributed by atoms with Gasteiger partial charge < -0.3 is 19.9 Å². The van der Waals surface area contributed by atoms with Crippen LogP contribution in [-0.4, -0.2) is 29.7 Å². The van der Waals surface area contributed by atoms with Crippen molar-refractivity contribution in [3.63, 3.8) is 0 Å². The summed E-state index contributed by atoms with van der Waals surface area (Å²) in [6.07, 6.45) is -0.125. The number of aryl methyl sites for hydroxylation is 1. The van der Waals surface area contributed by atoms with Gasteiger partial charge in [-0.2, -0.15) is 0 Å². The molecule has 2 aromatic rings. The predicted octanol–water partition coefficient (Wildman–Crippen LogP) is 3.25. The van der Waals surface area contributed by atoms with E-state index in [1.807, 2.05) is 38.1 Å². The summed E-state index contributed by atoms with van der Waals surface area (Å²) in [6.45, 7) is 3.35. The summed E-state index contributed by atoms with van der Waals surface area (Å²) in [5, 5.41) is 11.4. The van der Waals surface area contributed by atoms with E-state index in [1.165, 1.54) is 0 Å². The van der Waals surface area contributed by atoms with Gasteiger partial charge in [0.25, 0.3) is 5.91 Å². The first kappa shape index (κ1) is 18.3. The molecule has 0 bridgehead atoms. The van der Waals surface area contributed by atoms with E-state index in [2.05, 4.69) is 5.32 Å². The summed E-state index contributed by atoms with van der Waals surface area (Å²) in [5.74, 6) is -0.302. The number of hydrogen-bond donors (Lipinski definition) is 2. The average molecular weight is 343 g/mol. The molecule has 0 aromatic heterocycles. The van der Waals surface area contributed by atoms with E-state index >= 15 is 0 Å². The number of ether oxygens (including phenoxy) is 2. The third-order valence-electron chi connectivity index (χ3n) is 3.49. The van der Waals surface area contributed by atoms with Crippen LogP contribution in [0.4, 0.5) is 5.69 Å². The second-order valence-electron chi connectivity index (χ2n) is 5.48. The molecule has 1 unspecified atom stereocenters. The molecule has 0 saturated carbocycles. The Morgan fingerprint density at radius 2 is 1.92 bits per heavy atom. The van der Waals surface area contributed by atoms with Crippen molar-refractivity contribution in [2.45, 2.75) is 26.4 Å². The van der Waals surface area contributed by atoms with Crippen molar-refractivity contribution in [2.75, 3.05) is 11.9 Å². The van der Waals surface area contributed by atoms with Gasteiger partial charge in [-0.3, -0.25) is 4.79 Å². The zero-order valence-corrected chi connectivity index (χ0v) is 14.2. The molecule has 0 aliphatic heterocycles. The Bertz CT molecular complexity index is 744. The van der Waals surface area contributed by atoms with Crippen molar-refractivity contribution >= 4 is 17.6 Å². The molecule has 0 radical (unpaired) electrons. The fourth-order valence-electron chi connectivity index (χ4n) is 2.20. The van der Waals surface area contributed by atoms with Crippen LogP contribution in [-0.2, 0) is 9.59 Å². The quantitative estimate of drug-likeness (QED) is 0.768. The summed E-state index contributed by atoms with van der Waals surface area (Å²) >= 11 is 0. The second-order valence-corrected chi connectivity index (χ2v) is 5.48. The minimum Gasteiger partial charge on any atom is -0.482 e. The van der Waals surface area contributed by atoms with Crippen molar-refractivity contribution in [2.24, 2.45) is 0 Å². The van der Waals surface area contributed by atoms with Crippen LogP contribution in [0, 0.1) is 6.92 Å². The predicted molar refractivity (Wildman–Crippen MR) is 94.1 cm³/mol. The molecule has 6 heteroatoms. The molecule has 0 fully saturated rings. The van der Waals surface area contributed by atoms with E-state index in [9.17, 15) is 9.59 Å². The molecule has 25 heavy (non-hydrogen) atoms. The maximum absolute atomic E-state index is 12.5. The van der Waals surface area contributed by atoms with Gasteiger partial charge >= 0.3 is 5.97 Å². The summed E-state index contributed by atoms with van der Waals surface area (Å²) in [7, 11) is 0. The molecular formula is C19H21NO5. The number of rotatable bonds is 8. The zero-order chi connectivity index (χ0) is 18.2. The van der Waals surface area contributed by atoms with E-state index in [1.54, 1.807) is 24.3 Å². The highest BCUT2D eigenvalue weighted by molar-refractivity contribution is 5.94. The highest BCUT2D eigenvalue weighted by atomic mass is 16.5. The largest absolute Gasteiger partial charge is 0.482 e. The molecular weight excluding hydrogens is 322 g/mol. The van der Waals surface area contributed by atoms with Crippen LogP contribution < -0.4 is 14.8 Å². The van der Waals surface area contributed by atoms with Gasteiger partial charge in [0.1, 0.15) is 11.5 Å². The molecule has 0 aliphatic carbocycles. The van der Waals surface area contributed by atoms with Gasteiger partial charge in [-0.25, -0.2) is 4.79 Å². The van der Waals surface area contributed by atoms with Crippen LogP contribution in [0.5, 0.6) is 11.5 Å². The maximum Gasteiger partial charge on any atom is 0.341 e. The van der Waals surface area contributed by atoms with Gasteiger partial charge in [-0.1, -0.05) is 31.2 Å². The number of carboxylic acids is 1. The molecule has 1 amide bonds. The van der Waals surface area contributed by atoms with Gasteiger partial charge in [-0.15, -0.1) is 0 Å².